The maximum atomic E-state index is 13.4. The molecule has 7 nitrogen and oxygen atoms in total. The monoisotopic (exact) mass is 414 g/mol. The molecule has 0 aromatic carbocycles. The molecule has 0 unspecified atom stereocenters. The summed E-state index contributed by atoms with van der Waals surface area (Å²) in [6.45, 7) is 4.14. The van der Waals surface area contributed by atoms with Gasteiger partial charge in [0.15, 0.2) is 0 Å². The summed E-state index contributed by atoms with van der Waals surface area (Å²) in [5, 5.41) is 4.77. The van der Waals surface area contributed by atoms with Gasteiger partial charge in [0.25, 0.3) is 5.91 Å². The first kappa shape index (κ1) is 19.5. The lowest BCUT2D eigenvalue weighted by Crippen LogP contribution is -2.34. The SMILES string of the molecule is CN1CCCN(C(=O)c2cc(-c3ccn(Cc4cccnc4)n3)n3ccccc23)CC1. The van der Waals surface area contributed by atoms with Crippen LogP contribution in [0, 0.1) is 0 Å². The van der Waals surface area contributed by atoms with Crippen LogP contribution in [0.2, 0.25) is 0 Å². The smallest absolute Gasteiger partial charge is 0.256 e. The topological polar surface area (TPSA) is 58.7 Å². The Morgan fingerprint density at radius 3 is 2.84 bits per heavy atom. The van der Waals surface area contributed by atoms with E-state index in [4.69, 9.17) is 5.10 Å². The highest BCUT2D eigenvalue weighted by Gasteiger charge is 2.23. The Morgan fingerprint density at radius 2 is 1.97 bits per heavy atom. The van der Waals surface area contributed by atoms with Crippen LogP contribution in [0.15, 0.2) is 67.3 Å². The maximum absolute atomic E-state index is 13.4. The number of carbonyl (C=O) groups is 1. The summed E-state index contributed by atoms with van der Waals surface area (Å²) >= 11 is 0. The summed E-state index contributed by atoms with van der Waals surface area (Å²) in [7, 11) is 2.11. The number of carbonyl (C=O) groups excluding carboxylic acids is 1. The molecule has 0 spiro atoms. The average molecular weight is 415 g/mol. The van der Waals surface area contributed by atoms with Crippen LogP contribution in [-0.2, 0) is 6.54 Å². The molecule has 0 radical (unpaired) electrons. The zero-order chi connectivity index (χ0) is 21.2. The van der Waals surface area contributed by atoms with E-state index in [2.05, 4.69) is 21.3 Å². The molecule has 5 rings (SSSR count). The van der Waals surface area contributed by atoms with Crippen molar-refractivity contribution in [3.05, 3.63) is 78.4 Å². The van der Waals surface area contributed by atoms with E-state index in [1.54, 1.807) is 6.20 Å². The number of pyridine rings is 2. The minimum absolute atomic E-state index is 0.0973. The van der Waals surface area contributed by atoms with Crippen molar-refractivity contribution in [3.8, 4) is 11.4 Å². The van der Waals surface area contributed by atoms with Gasteiger partial charge in [-0.1, -0.05) is 12.1 Å². The van der Waals surface area contributed by atoms with E-state index in [0.29, 0.717) is 6.54 Å². The molecule has 1 fully saturated rings. The lowest BCUT2D eigenvalue weighted by Gasteiger charge is -2.20. The molecule has 1 aliphatic rings. The molecule has 31 heavy (non-hydrogen) atoms. The molecule has 1 amide bonds. The molecule has 5 heterocycles. The first-order valence-corrected chi connectivity index (χ1v) is 10.7. The third-order valence-corrected chi connectivity index (χ3v) is 5.88. The van der Waals surface area contributed by atoms with Crippen LogP contribution in [0.4, 0.5) is 0 Å². The Morgan fingerprint density at radius 1 is 1.03 bits per heavy atom. The van der Waals surface area contributed by atoms with Gasteiger partial charge in [-0.05, 0) is 55.9 Å². The van der Waals surface area contributed by atoms with Crippen LogP contribution in [0.3, 0.4) is 0 Å². The highest BCUT2D eigenvalue weighted by molar-refractivity contribution is 6.02. The second-order valence-corrected chi connectivity index (χ2v) is 8.11. The Bertz CT molecular complexity index is 1200. The van der Waals surface area contributed by atoms with Crippen LogP contribution >= 0.6 is 0 Å². The largest absolute Gasteiger partial charge is 0.337 e. The number of nitrogens with zero attached hydrogens (tertiary/aromatic N) is 6. The van der Waals surface area contributed by atoms with Gasteiger partial charge in [0.1, 0.15) is 5.69 Å². The predicted octanol–water partition coefficient (Wildman–Crippen LogP) is 3.02. The Hall–Kier alpha value is -3.45. The first-order valence-electron chi connectivity index (χ1n) is 10.7. The van der Waals surface area contributed by atoms with Gasteiger partial charge in [-0.3, -0.25) is 14.5 Å². The highest BCUT2D eigenvalue weighted by Crippen LogP contribution is 2.26. The number of rotatable bonds is 4. The van der Waals surface area contributed by atoms with E-state index in [0.717, 1.165) is 60.6 Å². The Balaban J connectivity index is 1.47. The van der Waals surface area contributed by atoms with Gasteiger partial charge in [0, 0.05) is 44.4 Å². The lowest BCUT2D eigenvalue weighted by atomic mass is 10.2. The van der Waals surface area contributed by atoms with Gasteiger partial charge in [0.2, 0.25) is 0 Å². The number of amides is 1. The lowest BCUT2D eigenvalue weighted by molar-refractivity contribution is 0.0765. The molecule has 0 aliphatic carbocycles. The standard InChI is InChI=1S/C24H26N6O/c1-27-10-5-11-28(15-14-27)24(31)20-16-23(30-12-3-2-7-22(20)30)21-8-13-29(26-21)18-19-6-4-9-25-17-19/h2-4,6-9,12-13,16-17H,5,10-11,14-15,18H2,1H3. The second-order valence-electron chi connectivity index (χ2n) is 8.11. The minimum atomic E-state index is 0.0973. The molecule has 0 atom stereocenters. The summed E-state index contributed by atoms with van der Waals surface area (Å²) in [5.41, 5.74) is 4.53. The zero-order valence-electron chi connectivity index (χ0n) is 17.7. The fourth-order valence-electron chi connectivity index (χ4n) is 4.21. The molecule has 1 aliphatic heterocycles. The molecule has 7 heteroatoms. The van der Waals surface area contributed by atoms with Gasteiger partial charge in [-0.15, -0.1) is 0 Å². The first-order chi connectivity index (χ1) is 15.2. The van der Waals surface area contributed by atoms with E-state index < -0.39 is 0 Å². The molecule has 1 saturated heterocycles. The van der Waals surface area contributed by atoms with Crippen LogP contribution in [0.1, 0.15) is 22.3 Å². The van der Waals surface area contributed by atoms with Gasteiger partial charge >= 0.3 is 0 Å². The molecule has 0 saturated carbocycles. The Kier molecular flexibility index (Phi) is 5.26. The quantitative estimate of drug-likeness (QED) is 0.515. The van der Waals surface area contributed by atoms with E-state index in [9.17, 15) is 4.79 Å². The van der Waals surface area contributed by atoms with E-state index in [-0.39, 0.29) is 5.91 Å². The molecular formula is C24H26N6O. The number of aromatic nitrogens is 4. The van der Waals surface area contributed by atoms with Crippen molar-refractivity contribution >= 4 is 11.4 Å². The second kappa shape index (κ2) is 8.35. The summed E-state index contributed by atoms with van der Waals surface area (Å²) < 4.78 is 3.97. The molecule has 158 valence electrons. The molecular weight excluding hydrogens is 388 g/mol. The van der Waals surface area contributed by atoms with Crippen molar-refractivity contribution in [1.29, 1.82) is 0 Å². The summed E-state index contributed by atoms with van der Waals surface area (Å²) in [6, 6.07) is 13.9. The maximum Gasteiger partial charge on any atom is 0.256 e. The van der Waals surface area contributed by atoms with Crippen molar-refractivity contribution < 1.29 is 4.79 Å². The highest BCUT2D eigenvalue weighted by atomic mass is 16.2. The number of hydrogen-bond donors (Lipinski definition) is 0. The van der Waals surface area contributed by atoms with Crippen molar-refractivity contribution in [2.45, 2.75) is 13.0 Å². The molecule has 0 N–H and O–H groups in total. The van der Waals surface area contributed by atoms with Crippen molar-refractivity contribution in [2.75, 3.05) is 33.2 Å². The summed E-state index contributed by atoms with van der Waals surface area (Å²) in [4.78, 5) is 21.9. The fraction of sp³-hybridized carbons (Fsp3) is 0.292. The minimum Gasteiger partial charge on any atom is -0.337 e. The predicted molar refractivity (Wildman–Crippen MR) is 120 cm³/mol. The van der Waals surface area contributed by atoms with Gasteiger partial charge in [-0.25, -0.2) is 0 Å². The van der Waals surface area contributed by atoms with Crippen LogP contribution in [-0.4, -0.2) is 68.1 Å². The third-order valence-electron chi connectivity index (χ3n) is 5.88. The number of likely N-dealkylation sites (N-methyl/N-ethyl adjacent to an activating group) is 1. The van der Waals surface area contributed by atoms with Gasteiger partial charge in [-0.2, -0.15) is 5.10 Å². The van der Waals surface area contributed by atoms with Gasteiger partial charge < -0.3 is 14.2 Å². The normalized spacial score (nSPS) is 15.3. The molecule has 4 aromatic rings. The van der Waals surface area contributed by atoms with Crippen LogP contribution < -0.4 is 0 Å². The van der Waals surface area contributed by atoms with Crippen molar-refractivity contribution in [1.82, 2.24) is 29.0 Å². The van der Waals surface area contributed by atoms with Crippen LogP contribution in [0.5, 0.6) is 0 Å². The number of hydrogen-bond acceptors (Lipinski definition) is 4. The van der Waals surface area contributed by atoms with E-state index in [1.165, 1.54) is 0 Å². The summed E-state index contributed by atoms with van der Waals surface area (Å²) in [6.07, 6.45) is 8.59. The molecule has 4 aromatic heterocycles. The average Bonchev–Trinajstić information content (AvgIpc) is 3.34. The van der Waals surface area contributed by atoms with E-state index in [1.807, 2.05) is 70.6 Å². The zero-order valence-corrected chi connectivity index (χ0v) is 17.7. The van der Waals surface area contributed by atoms with E-state index >= 15 is 0 Å². The van der Waals surface area contributed by atoms with Crippen molar-refractivity contribution in [3.63, 3.8) is 0 Å². The summed E-state index contributed by atoms with van der Waals surface area (Å²) in [5.74, 6) is 0.0973. The fourth-order valence-corrected chi connectivity index (χ4v) is 4.21. The van der Waals surface area contributed by atoms with Crippen molar-refractivity contribution in [2.24, 2.45) is 0 Å². The third kappa shape index (κ3) is 3.96. The number of fused-ring (bicyclic) bond motifs is 1. The van der Waals surface area contributed by atoms with Gasteiger partial charge in [0.05, 0.1) is 23.3 Å². The molecule has 0 bridgehead atoms. The Labute approximate surface area is 181 Å². The van der Waals surface area contributed by atoms with Crippen LogP contribution in [0.25, 0.3) is 16.9 Å².